The first-order valence-corrected chi connectivity index (χ1v) is 5.88. The Morgan fingerprint density at radius 1 is 1.24 bits per heavy atom. The quantitative estimate of drug-likeness (QED) is 0.753. The number of nitrogens with one attached hydrogen (secondary N) is 1. The smallest absolute Gasteiger partial charge is 0.118 e. The molecule has 0 aromatic heterocycles. The summed E-state index contributed by atoms with van der Waals surface area (Å²) in [5.41, 5.74) is 1.21. The molecule has 0 bridgehead atoms. The minimum absolute atomic E-state index is 0. The van der Waals surface area contributed by atoms with E-state index in [1.165, 1.54) is 18.4 Å². The molecule has 2 nitrogen and oxygen atoms in total. The summed E-state index contributed by atoms with van der Waals surface area (Å²) in [7, 11) is 1.68. The van der Waals surface area contributed by atoms with Crippen molar-refractivity contribution in [2.24, 2.45) is 0 Å². The van der Waals surface area contributed by atoms with Crippen molar-refractivity contribution >= 4 is 18.5 Å². The average molecular weight is 256 g/mol. The van der Waals surface area contributed by atoms with E-state index in [9.17, 15) is 0 Å². The number of ether oxygens (including phenoxy) is 1. The van der Waals surface area contributed by atoms with Gasteiger partial charge in [-0.15, -0.1) is 12.4 Å². The molecule has 0 radical (unpaired) electrons. The summed E-state index contributed by atoms with van der Waals surface area (Å²) in [5.74, 6) is 0.901. The first-order chi connectivity index (χ1) is 7.86. The van der Waals surface area contributed by atoms with Crippen LogP contribution in [0.4, 0.5) is 0 Å². The maximum Gasteiger partial charge on any atom is 0.118 e. The summed E-state index contributed by atoms with van der Waals surface area (Å²) >= 11 is 0. The molecule has 0 atom stereocenters. The van der Waals surface area contributed by atoms with Gasteiger partial charge in [0.1, 0.15) is 5.75 Å². The number of hydrogen-bond donors (Lipinski definition) is 1. The lowest BCUT2D eigenvalue weighted by Gasteiger charge is -2.00. The molecule has 0 aliphatic rings. The van der Waals surface area contributed by atoms with Crippen LogP contribution in [0, 0.1) is 0 Å². The molecule has 0 amide bonds. The molecule has 3 heteroatoms. The van der Waals surface area contributed by atoms with Crippen LogP contribution in [0.2, 0.25) is 0 Å². The Labute approximate surface area is 110 Å². The van der Waals surface area contributed by atoms with E-state index in [0.717, 1.165) is 18.8 Å². The summed E-state index contributed by atoms with van der Waals surface area (Å²) in [6.07, 6.45) is 6.77. The minimum atomic E-state index is 0. The van der Waals surface area contributed by atoms with Gasteiger partial charge in [0.05, 0.1) is 7.11 Å². The van der Waals surface area contributed by atoms with Gasteiger partial charge in [-0.2, -0.15) is 0 Å². The Bertz CT molecular complexity index is 309. The number of unbranched alkanes of at least 4 members (excludes halogenated alkanes) is 1. The van der Waals surface area contributed by atoms with Crippen molar-refractivity contribution in [1.82, 2.24) is 5.32 Å². The molecular formula is C14H22ClNO. The fourth-order valence-electron chi connectivity index (χ4n) is 1.40. The van der Waals surface area contributed by atoms with Crippen LogP contribution in [0.25, 0.3) is 6.08 Å². The number of benzene rings is 1. The number of rotatable bonds is 7. The van der Waals surface area contributed by atoms with Gasteiger partial charge >= 0.3 is 0 Å². The summed E-state index contributed by atoms with van der Waals surface area (Å²) in [6, 6.07) is 8.07. The molecule has 96 valence electrons. The highest BCUT2D eigenvalue weighted by Crippen LogP contribution is 2.11. The Kier molecular flexibility index (Phi) is 9.59. The summed E-state index contributed by atoms with van der Waals surface area (Å²) in [6.45, 7) is 4.24. The van der Waals surface area contributed by atoms with Crippen LogP contribution in [0.3, 0.4) is 0 Å². The van der Waals surface area contributed by atoms with Gasteiger partial charge in [-0.05, 0) is 30.7 Å². The monoisotopic (exact) mass is 255 g/mol. The van der Waals surface area contributed by atoms with Crippen LogP contribution in [-0.2, 0) is 0 Å². The predicted octanol–water partition coefficient (Wildman–Crippen LogP) is 3.52. The normalized spacial score (nSPS) is 10.2. The molecule has 0 saturated carbocycles. The number of methoxy groups -OCH3 is 1. The van der Waals surface area contributed by atoms with E-state index < -0.39 is 0 Å². The van der Waals surface area contributed by atoms with E-state index in [1.807, 2.05) is 12.1 Å². The lowest BCUT2D eigenvalue weighted by atomic mass is 10.2. The zero-order valence-electron chi connectivity index (χ0n) is 10.6. The molecule has 0 heterocycles. The first-order valence-electron chi connectivity index (χ1n) is 5.88. The predicted molar refractivity (Wildman–Crippen MR) is 77.1 cm³/mol. The van der Waals surface area contributed by atoms with Crippen LogP contribution in [0.5, 0.6) is 5.75 Å². The van der Waals surface area contributed by atoms with Crippen LogP contribution in [0.1, 0.15) is 25.3 Å². The molecule has 0 unspecified atom stereocenters. The summed E-state index contributed by atoms with van der Waals surface area (Å²) in [5, 5.41) is 3.37. The van der Waals surface area contributed by atoms with Gasteiger partial charge in [0.2, 0.25) is 0 Å². The van der Waals surface area contributed by atoms with Crippen molar-refractivity contribution < 1.29 is 4.74 Å². The largest absolute Gasteiger partial charge is 0.497 e. The maximum absolute atomic E-state index is 5.10. The van der Waals surface area contributed by atoms with Crippen molar-refractivity contribution in [2.75, 3.05) is 20.2 Å². The van der Waals surface area contributed by atoms with Crippen LogP contribution in [-0.4, -0.2) is 20.2 Å². The Morgan fingerprint density at radius 2 is 1.94 bits per heavy atom. The Morgan fingerprint density at radius 3 is 2.53 bits per heavy atom. The fourth-order valence-corrected chi connectivity index (χ4v) is 1.40. The molecule has 0 spiro atoms. The third-order valence-corrected chi connectivity index (χ3v) is 2.40. The Balaban J connectivity index is 0.00000256. The second-order valence-corrected chi connectivity index (χ2v) is 3.73. The molecule has 17 heavy (non-hydrogen) atoms. The highest BCUT2D eigenvalue weighted by atomic mass is 35.5. The minimum Gasteiger partial charge on any atom is -0.497 e. The van der Waals surface area contributed by atoms with Crippen LogP contribution in [0.15, 0.2) is 30.3 Å². The lowest BCUT2D eigenvalue weighted by molar-refractivity contribution is 0.415. The average Bonchev–Trinajstić information content (AvgIpc) is 2.34. The molecule has 1 N–H and O–H groups in total. The highest BCUT2D eigenvalue weighted by molar-refractivity contribution is 5.85. The zero-order valence-corrected chi connectivity index (χ0v) is 11.4. The lowest BCUT2D eigenvalue weighted by Crippen LogP contribution is -2.14. The summed E-state index contributed by atoms with van der Waals surface area (Å²) < 4.78 is 5.10. The van der Waals surface area contributed by atoms with Gasteiger partial charge < -0.3 is 10.1 Å². The van der Waals surface area contributed by atoms with E-state index in [-0.39, 0.29) is 12.4 Å². The second-order valence-electron chi connectivity index (χ2n) is 3.73. The van der Waals surface area contributed by atoms with Gasteiger partial charge in [0, 0.05) is 6.54 Å². The van der Waals surface area contributed by atoms with Gasteiger partial charge in [0.25, 0.3) is 0 Å². The van der Waals surface area contributed by atoms with E-state index in [0.29, 0.717) is 0 Å². The molecule has 1 aromatic carbocycles. The fraction of sp³-hybridized carbons (Fsp3) is 0.429. The zero-order chi connectivity index (χ0) is 11.6. The van der Waals surface area contributed by atoms with E-state index in [2.05, 4.69) is 36.5 Å². The molecule has 0 fully saturated rings. The molecule has 1 aromatic rings. The molecule has 0 aliphatic carbocycles. The molecule has 1 rings (SSSR count). The number of hydrogen-bond acceptors (Lipinski definition) is 2. The van der Waals surface area contributed by atoms with E-state index >= 15 is 0 Å². The van der Waals surface area contributed by atoms with Gasteiger partial charge in [-0.3, -0.25) is 0 Å². The van der Waals surface area contributed by atoms with Crippen LogP contribution >= 0.6 is 12.4 Å². The molecular weight excluding hydrogens is 234 g/mol. The maximum atomic E-state index is 5.10. The summed E-state index contributed by atoms with van der Waals surface area (Å²) in [4.78, 5) is 0. The first kappa shape index (κ1) is 16.0. The van der Waals surface area contributed by atoms with Crippen molar-refractivity contribution in [3.8, 4) is 5.75 Å². The SMILES string of the molecule is CCCCNCC=Cc1ccc(OC)cc1.Cl. The highest BCUT2D eigenvalue weighted by Gasteiger charge is 1.89. The third kappa shape index (κ3) is 7.03. The van der Waals surface area contributed by atoms with Gasteiger partial charge in [0.15, 0.2) is 0 Å². The number of halogens is 1. The van der Waals surface area contributed by atoms with Crippen molar-refractivity contribution in [3.05, 3.63) is 35.9 Å². The van der Waals surface area contributed by atoms with Crippen molar-refractivity contribution in [2.45, 2.75) is 19.8 Å². The standard InChI is InChI=1S/C14H21NO.ClH/c1-3-4-11-15-12-5-6-13-7-9-14(16-2)10-8-13;/h5-10,15H,3-4,11-12H2,1-2H3;1H. The van der Waals surface area contributed by atoms with E-state index in [4.69, 9.17) is 4.74 Å². The van der Waals surface area contributed by atoms with Gasteiger partial charge in [-0.25, -0.2) is 0 Å². The topological polar surface area (TPSA) is 21.3 Å². The molecule has 0 aliphatic heterocycles. The van der Waals surface area contributed by atoms with Crippen LogP contribution < -0.4 is 10.1 Å². The van der Waals surface area contributed by atoms with Crippen molar-refractivity contribution in [3.63, 3.8) is 0 Å². The Hall–Kier alpha value is -0.990. The van der Waals surface area contributed by atoms with Crippen molar-refractivity contribution in [1.29, 1.82) is 0 Å². The second kappa shape index (κ2) is 10.2. The third-order valence-electron chi connectivity index (χ3n) is 2.40. The van der Waals surface area contributed by atoms with Gasteiger partial charge in [-0.1, -0.05) is 37.6 Å². The van der Waals surface area contributed by atoms with E-state index in [1.54, 1.807) is 7.11 Å². The molecule has 0 saturated heterocycles.